The highest BCUT2D eigenvalue weighted by atomic mass is 32.2. The summed E-state index contributed by atoms with van der Waals surface area (Å²) in [5.41, 5.74) is -0.218. The van der Waals surface area contributed by atoms with Gasteiger partial charge in [0.25, 0.3) is 5.56 Å². The molecule has 0 aliphatic rings. The summed E-state index contributed by atoms with van der Waals surface area (Å²) in [5.74, 6) is 0.139. The lowest BCUT2D eigenvalue weighted by molar-refractivity contribution is -0.119. The highest BCUT2D eigenvalue weighted by Gasteiger charge is 2.10. The predicted octanol–water partition coefficient (Wildman–Crippen LogP) is 1.80. The molecule has 1 atom stereocenters. The number of H-pyrrole nitrogens is 1. The van der Waals surface area contributed by atoms with Crippen molar-refractivity contribution in [2.24, 2.45) is 0 Å². The van der Waals surface area contributed by atoms with Crippen LogP contribution in [0.5, 0.6) is 0 Å². The van der Waals surface area contributed by atoms with Gasteiger partial charge in [0.2, 0.25) is 5.91 Å². The maximum atomic E-state index is 11.8. The van der Waals surface area contributed by atoms with E-state index >= 15 is 0 Å². The first-order chi connectivity index (χ1) is 9.15. The zero-order chi connectivity index (χ0) is 13.7. The number of aromatic amines is 1. The number of hydrogen-bond acceptors (Lipinski definition) is 5. The third kappa shape index (κ3) is 4.22. The molecule has 0 bridgehead atoms. The predicted molar refractivity (Wildman–Crippen MR) is 76.5 cm³/mol. The van der Waals surface area contributed by atoms with E-state index in [9.17, 15) is 9.59 Å². The van der Waals surface area contributed by atoms with E-state index in [0.717, 1.165) is 4.88 Å². The lowest BCUT2D eigenvalue weighted by atomic mass is 10.3. The van der Waals surface area contributed by atoms with Crippen LogP contribution in [0.1, 0.15) is 17.8 Å². The molecule has 19 heavy (non-hydrogen) atoms. The zero-order valence-corrected chi connectivity index (χ0v) is 11.9. The van der Waals surface area contributed by atoms with Crippen LogP contribution in [0.15, 0.2) is 39.7 Å². The quantitative estimate of drug-likeness (QED) is 0.651. The van der Waals surface area contributed by atoms with Crippen molar-refractivity contribution < 1.29 is 4.79 Å². The van der Waals surface area contributed by atoms with Gasteiger partial charge >= 0.3 is 0 Å². The van der Waals surface area contributed by atoms with Crippen molar-refractivity contribution in [2.75, 3.05) is 5.75 Å². The normalized spacial score (nSPS) is 12.1. The maximum absolute atomic E-state index is 11.8. The van der Waals surface area contributed by atoms with Crippen LogP contribution >= 0.6 is 23.1 Å². The van der Waals surface area contributed by atoms with E-state index in [-0.39, 0.29) is 23.3 Å². The molecule has 1 amide bonds. The fraction of sp³-hybridized carbons (Fsp3) is 0.250. The van der Waals surface area contributed by atoms with Crippen LogP contribution in [0.2, 0.25) is 0 Å². The minimum Gasteiger partial charge on any atom is -0.348 e. The SMILES string of the molecule is C[C@@H](NC(=O)CSc1nccc(=O)[nH]1)c1cccs1. The number of rotatable bonds is 5. The van der Waals surface area contributed by atoms with E-state index in [0.29, 0.717) is 5.16 Å². The fourth-order valence-corrected chi connectivity index (χ4v) is 2.84. The summed E-state index contributed by atoms with van der Waals surface area (Å²) in [6.07, 6.45) is 1.42. The molecule has 2 aromatic heterocycles. The minimum absolute atomic E-state index is 0.00381. The molecular formula is C12H13N3O2S2. The molecule has 0 saturated carbocycles. The largest absolute Gasteiger partial charge is 0.348 e. The van der Waals surface area contributed by atoms with Gasteiger partial charge in [0.1, 0.15) is 0 Å². The molecule has 2 aromatic rings. The van der Waals surface area contributed by atoms with Gasteiger partial charge in [0, 0.05) is 17.1 Å². The molecule has 0 aliphatic carbocycles. The Morgan fingerprint density at radius 1 is 1.58 bits per heavy atom. The molecule has 0 spiro atoms. The molecule has 2 N–H and O–H groups in total. The van der Waals surface area contributed by atoms with E-state index < -0.39 is 0 Å². The molecule has 0 aromatic carbocycles. The molecule has 2 rings (SSSR count). The van der Waals surface area contributed by atoms with Crippen LogP contribution in [-0.4, -0.2) is 21.6 Å². The number of carbonyl (C=O) groups excluding carboxylic acids is 1. The average Bonchev–Trinajstić information content (AvgIpc) is 2.90. The van der Waals surface area contributed by atoms with Crippen molar-refractivity contribution >= 4 is 29.0 Å². The second kappa shape index (κ2) is 6.53. The van der Waals surface area contributed by atoms with Crippen molar-refractivity contribution in [1.82, 2.24) is 15.3 Å². The van der Waals surface area contributed by atoms with Gasteiger partial charge in [-0.05, 0) is 18.4 Å². The lowest BCUT2D eigenvalue weighted by Gasteiger charge is -2.11. The lowest BCUT2D eigenvalue weighted by Crippen LogP contribution is -2.27. The fourth-order valence-electron chi connectivity index (χ4n) is 1.45. The summed E-state index contributed by atoms with van der Waals surface area (Å²) in [7, 11) is 0. The maximum Gasteiger partial charge on any atom is 0.251 e. The van der Waals surface area contributed by atoms with E-state index in [4.69, 9.17) is 0 Å². The Morgan fingerprint density at radius 3 is 3.11 bits per heavy atom. The number of nitrogens with zero attached hydrogens (tertiary/aromatic N) is 1. The van der Waals surface area contributed by atoms with Crippen molar-refractivity contribution in [3.63, 3.8) is 0 Å². The highest BCUT2D eigenvalue weighted by Crippen LogP contribution is 2.18. The number of thiophene rings is 1. The van der Waals surface area contributed by atoms with Crippen LogP contribution in [0.4, 0.5) is 0 Å². The Balaban J connectivity index is 1.83. The van der Waals surface area contributed by atoms with Gasteiger partial charge in [-0.1, -0.05) is 17.8 Å². The molecule has 7 heteroatoms. The van der Waals surface area contributed by atoms with Gasteiger partial charge in [-0.3, -0.25) is 9.59 Å². The summed E-state index contributed by atoms with van der Waals surface area (Å²) in [6, 6.07) is 5.27. The third-order valence-electron chi connectivity index (χ3n) is 2.34. The van der Waals surface area contributed by atoms with Crippen molar-refractivity contribution in [3.8, 4) is 0 Å². The standard InChI is InChI=1S/C12H13N3O2S2/c1-8(9-3-2-6-18-9)14-11(17)7-19-12-13-5-4-10(16)15-12/h2-6,8H,7H2,1H3,(H,14,17)(H,13,15,16)/t8-/m1/s1. The number of aromatic nitrogens is 2. The Labute approximate surface area is 118 Å². The Hall–Kier alpha value is -1.60. The number of nitrogens with one attached hydrogen (secondary N) is 2. The topological polar surface area (TPSA) is 74.8 Å². The number of hydrogen-bond donors (Lipinski definition) is 2. The molecule has 100 valence electrons. The third-order valence-corrected chi connectivity index (χ3v) is 4.28. The van der Waals surface area contributed by atoms with Crippen molar-refractivity contribution in [1.29, 1.82) is 0 Å². The van der Waals surface area contributed by atoms with Crippen molar-refractivity contribution in [2.45, 2.75) is 18.1 Å². The molecule has 0 unspecified atom stereocenters. The minimum atomic E-state index is -0.218. The molecule has 0 fully saturated rings. The highest BCUT2D eigenvalue weighted by molar-refractivity contribution is 7.99. The van der Waals surface area contributed by atoms with E-state index in [1.807, 2.05) is 24.4 Å². The molecule has 5 nitrogen and oxygen atoms in total. The van der Waals surface area contributed by atoms with Crippen LogP contribution in [0.25, 0.3) is 0 Å². The van der Waals surface area contributed by atoms with Gasteiger partial charge in [-0.2, -0.15) is 0 Å². The Kier molecular flexibility index (Phi) is 4.75. The van der Waals surface area contributed by atoms with Crippen molar-refractivity contribution in [3.05, 3.63) is 45.0 Å². The Bertz CT molecular complexity index is 595. The van der Waals surface area contributed by atoms with Gasteiger partial charge in [-0.25, -0.2) is 4.98 Å². The van der Waals surface area contributed by atoms with E-state index in [1.54, 1.807) is 11.3 Å². The van der Waals surface area contributed by atoms with Gasteiger partial charge < -0.3 is 10.3 Å². The first-order valence-electron chi connectivity index (χ1n) is 5.66. The van der Waals surface area contributed by atoms with Crippen LogP contribution in [-0.2, 0) is 4.79 Å². The summed E-state index contributed by atoms with van der Waals surface area (Å²) in [6.45, 7) is 1.94. The van der Waals surface area contributed by atoms with E-state index in [2.05, 4.69) is 15.3 Å². The molecule has 0 saturated heterocycles. The Morgan fingerprint density at radius 2 is 2.42 bits per heavy atom. The molecule has 2 heterocycles. The van der Waals surface area contributed by atoms with Crippen LogP contribution in [0.3, 0.4) is 0 Å². The first kappa shape index (κ1) is 13.8. The molecule has 0 radical (unpaired) electrons. The molecular weight excluding hydrogens is 282 g/mol. The number of carbonyl (C=O) groups is 1. The average molecular weight is 295 g/mol. The summed E-state index contributed by atoms with van der Waals surface area (Å²) in [4.78, 5) is 30.5. The monoisotopic (exact) mass is 295 g/mol. The van der Waals surface area contributed by atoms with E-state index in [1.165, 1.54) is 24.0 Å². The van der Waals surface area contributed by atoms with Gasteiger partial charge in [0.15, 0.2) is 5.16 Å². The second-order valence-corrected chi connectivity index (χ2v) is 5.78. The summed E-state index contributed by atoms with van der Waals surface area (Å²) in [5, 5.41) is 5.33. The summed E-state index contributed by atoms with van der Waals surface area (Å²) >= 11 is 2.81. The number of amides is 1. The van der Waals surface area contributed by atoms with Crippen LogP contribution in [0, 0.1) is 0 Å². The summed E-state index contributed by atoms with van der Waals surface area (Å²) < 4.78 is 0. The first-order valence-corrected chi connectivity index (χ1v) is 7.52. The smallest absolute Gasteiger partial charge is 0.251 e. The number of thioether (sulfide) groups is 1. The van der Waals surface area contributed by atoms with Crippen LogP contribution < -0.4 is 10.9 Å². The second-order valence-electron chi connectivity index (χ2n) is 3.83. The molecule has 0 aliphatic heterocycles. The van der Waals surface area contributed by atoms with Gasteiger partial charge in [0.05, 0.1) is 11.8 Å². The zero-order valence-electron chi connectivity index (χ0n) is 10.3. The van der Waals surface area contributed by atoms with Gasteiger partial charge in [-0.15, -0.1) is 11.3 Å².